The zero-order chi connectivity index (χ0) is 16.3. The van der Waals surface area contributed by atoms with E-state index in [4.69, 9.17) is 9.47 Å². The SMILES string of the molecule is CC(N[S@+]([O-])C(C)(C)C)c1cc(O[C@H]2CCOC2)ccc1F. The highest BCUT2D eigenvalue weighted by Gasteiger charge is 2.29. The maximum atomic E-state index is 14.1. The molecule has 22 heavy (non-hydrogen) atoms. The molecule has 1 heterocycles. The third kappa shape index (κ3) is 4.59. The molecule has 0 bridgehead atoms. The maximum Gasteiger partial charge on any atom is 0.136 e. The van der Waals surface area contributed by atoms with Gasteiger partial charge in [-0.15, -0.1) is 4.72 Å². The van der Waals surface area contributed by atoms with E-state index in [0.29, 0.717) is 24.5 Å². The summed E-state index contributed by atoms with van der Waals surface area (Å²) in [5.41, 5.74) is 0.453. The van der Waals surface area contributed by atoms with Crippen molar-refractivity contribution in [3.05, 3.63) is 29.6 Å². The number of nitrogens with one attached hydrogen (secondary N) is 1. The quantitative estimate of drug-likeness (QED) is 0.844. The Bertz CT molecular complexity index is 501. The second-order valence-electron chi connectivity index (χ2n) is 6.51. The van der Waals surface area contributed by atoms with Crippen molar-refractivity contribution in [1.82, 2.24) is 4.72 Å². The number of hydrogen-bond acceptors (Lipinski definition) is 4. The van der Waals surface area contributed by atoms with Crippen molar-refractivity contribution in [3.8, 4) is 5.75 Å². The molecular weight excluding hydrogens is 305 g/mol. The molecule has 1 unspecified atom stereocenters. The molecule has 2 rings (SSSR count). The lowest BCUT2D eigenvalue weighted by atomic mass is 10.1. The highest BCUT2D eigenvalue weighted by molar-refractivity contribution is 7.90. The lowest BCUT2D eigenvalue weighted by molar-refractivity contribution is 0.141. The maximum absolute atomic E-state index is 14.1. The van der Waals surface area contributed by atoms with Crippen LogP contribution in [-0.4, -0.2) is 28.6 Å². The van der Waals surface area contributed by atoms with Crippen LogP contribution in [-0.2, 0) is 16.1 Å². The molecule has 3 atom stereocenters. The normalized spacial score (nSPS) is 21.6. The third-order valence-electron chi connectivity index (χ3n) is 3.46. The minimum absolute atomic E-state index is 0.0188. The summed E-state index contributed by atoms with van der Waals surface area (Å²) < 4.78 is 39.8. The predicted octanol–water partition coefficient (Wildman–Crippen LogP) is 3.11. The zero-order valence-electron chi connectivity index (χ0n) is 13.5. The summed E-state index contributed by atoms with van der Waals surface area (Å²) >= 11 is -1.26. The van der Waals surface area contributed by atoms with E-state index in [1.807, 2.05) is 20.8 Å². The first-order valence-corrected chi connectivity index (χ1v) is 8.64. The van der Waals surface area contributed by atoms with Crippen molar-refractivity contribution in [2.24, 2.45) is 0 Å². The summed E-state index contributed by atoms with van der Waals surface area (Å²) in [4.78, 5) is 0. The van der Waals surface area contributed by atoms with Gasteiger partial charge in [0.1, 0.15) is 22.4 Å². The van der Waals surface area contributed by atoms with Crippen molar-refractivity contribution in [3.63, 3.8) is 0 Å². The Labute approximate surface area is 134 Å². The molecule has 6 heteroatoms. The van der Waals surface area contributed by atoms with Gasteiger partial charge >= 0.3 is 0 Å². The Morgan fingerprint density at radius 2 is 2.18 bits per heavy atom. The minimum atomic E-state index is -1.26. The van der Waals surface area contributed by atoms with Gasteiger partial charge in [-0.2, -0.15) is 0 Å². The van der Waals surface area contributed by atoms with Crippen LogP contribution >= 0.6 is 0 Å². The average Bonchev–Trinajstić information content (AvgIpc) is 2.92. The fraction of sp³-hybridized carbons (Fsp3) is 0.625. The molecule has 0 amide bonds. The first-order valence-electron chi connectivity index (χ1n) is 7.49. The Kier molecular flexibility index (Phi) is 5.71. The van der Waals surface area contributed by atoms with Gasteiger partial charge in [0, 0.05) is 23.3 Å². The van der Waals surface area contributed by atoms with Gasteiger partial charge in [0.05, 0.1) is 19.3 Å². The highest BCUT2D eigenvalue weighted by atomic mass is 32.2. The van der Waals surface area contributed by atoms with Crippen LogP contribution in [0.15, 0.2) is 18.2 Å². The van der Waals surface area contributed by atoms with Crippen LogP contribution in [0.5, 0.6) is 5.75 Å². The van der Waals surface area contributed by atoms with Crippen molar-refractivity contribution < 1.29 is 18.4 Å². The van der Waals surface area contributed by atoms with Crippen molar-refractivity contribution in [1.29, 1.82) is 0 Å². The number of ether oxygens (including phenoxy) is 2. The zero-order valence-corrected chi connectivity index (χ0v) is 14.3. The third-order valence-corrected chi connectivity index (χ3v) is 5.14. The monoisotopic (exact) mass is 329 g/mol. The van der Waals surface area contributed by atoms with Gasteiger partial charge < -0.3 is 14.0 Å². The minimum Gasteiger partial charge on any atom is -0.598 e. The number of hydrogen-bond donors (Lipinski definition) is 1. The first kappa shape index (κ1) is 17.5. The second kappa shape index (κ2) is 7.17. The predicted molar refractivity (Wildman–Crippen MR) is 85.7 cm³/mol. The van der Waals surface area contributed by atoms with Crippen LogP contribution in [0.25, 0.3) is 0 Å². The summed E-state index contributed by atoms with van der Waals surface area (Å²) in [5.74, 6) is 0.281. The molecule has 1 saturated heterocycles. The van der Waals surface area contributed by atoms with Crippen LogP contribution in [0.2, 0.25) is 0 Å². The molecule has 1 aliphatic heterocycles. The van der Waals surface area contributed by atoms with Crippen LogP contribution in [0.3, 0.4) is 0 Å². The van der Waals surface area contributed by atoms with E-state index < -0.39 is 16.1 Å². The highest BCUT2D eigenvalue weighted by Crippen LogP contribution is 2.26. The van der Waals surface area contributed by atoms with E-state index in [1.165, 1.54) is 6.07 Å². The molecule has 0 aliphatic carbocycles. The van der Waals surface area contributed by atoms with E-state index in [1.54, 1.807) is 19.1 Å². The Morgan fingerprint density at radius 1 is 1.45 bits per heavy atom. The van der Waals surface area contributed by atoms with Gasteiger partial charge in [-0.1, -0.05) is 0 Å². The van der Waals surface area contributed by atoms with Gasteiger partial charge in [0.25, 0.3) is 0 Å². The van der Waals surface area contributed by atoms with E-state index in [0.717, 1.165) is 6.42 Å². The van der Waals surface area contributed by atoms with Gasteiger partial charge in [0.15, 0.2) is 0 Å². The van der Waals surface area contributed by atoms with Crippen LogP contribution < -0.4 is 9.46 Å². The lowest BCUT2D eigenvalue weighted by Crippen LogP contribution is -2.40. The van der Waals surface area contributed by atoms with Crippen LogP contribution in [0.1, 0.15) is 45.7 Å². The van der Waals surface area contributed by atoms with E-state index in [2.05, 4.69) is 4.72 Å². The molecule has 0 radical (unpaired) electrons. The van der Waals surface area contributed by atoms with Gasteiger partial charge in [-0.05, 0) is 45.9 Å². The van der Waals surface area contributed by atoms with E-state index in [-0.39, 0.29) is 18.0 Å². The second-order valence-corrected chi connectivity index (χ2v) is 8.51. The molecule has 1 aromatic rings. The molecule has 0 aromatic heterocycles. The van der Waals surface area contributed by atoms with Crippen molar-refractivity contribution in [2.75, 3.05) is 13.2 Å². The molecule has 0 saturated carbocycles. The fourth-order valence-electron chi connectivity index (χ4n) is 2.13. The average molecular weight is 329 g/mol. The summed E-state index contributed by atoms with van der Waals surface area (Å²) in [6, 6.07) is 4.30. The summed E-state index contributed by atoms with van der Waals surface area (Å²) in [6.45, 7) is 8.68. The van der Waals surface area contributed by atoms with Gasteiger partial charge in [-0.25, -0.2) is 4.39 Å². The molecule has 1 fully saturated rings. The summed E-state index contributed by atoms with van der Waals surface area (Å²) in [5, 5.41) is 0. The summed E-state index contributed by atoms with van der Waals surface area (Å²) in [6.07, 6.45) is 0.861. The molecule has 1 aliphatic rings. The van der Waals surface area contributed by atoms with Crippen molar-refractivity contribution in [2.45, 2.75) is 51.0 Å². The molecule has 4 nitrogen and oxygen atoms in total. The molecule has 1 aromatic carbocycles. The summed E-state index contributed by atoms with van der Waals surface area (Å²) in [7, 11) is 0. The number of rotatable bonds is 5. The van der Waals surface area contributed by atoms with E-state index >= 15 is 0 Å². The van der Waals surface area contributed by atoms with Crippen molar-refractivity contribution >= 4 is 11.4 Å². The van der Waals surface area contributed by atoms with Gasteiger partial charge in [0.2, 0.25) is 0 Å². The molecular formula is C16H24FNO3S. The standard InChI is InChI=1S/C16H24FNO3S/c1-11(18-22(19)16(2,3)4)14-9-12(5-6-15(14)17)21-13-7-8-20-10-13/h5-6,9,11,13,18H,7-8,10H2,1-4H3/t11?,13-,22+/m0/s1. The fourth-order valence-corrected chi connectivity index (χ4v) is 2.93. The number of benzene rings is 1. The topological polar surface area (TPSA) is 53.5 Å². The van der Waals surface area contributed by atoms with Crippen LogP contribution in [0, 0.1) is 5.82 Å². The Hall–Kier alpha value is -0.820. The molecule has 0 spiro atoms. The smallest absolute Gasteiger partial charge is 0.136 e. The molecule has 124 valence electrons. The number of halogens is 1. The van der Waals surface area contributed by atoms with Gasteiger partial charge in [-0.3, -0.25) is 0 Å². The Morgan fingerprint density at radius 3 is 2.77 bits per heavy atom. The molecule has 1 N–H and O–H groups in total. The first-order chi connectivity index (χ1) is 10.3. The lowest BCUT2D eigenvalue weighted by Gasteiger charge is -2.27. The van der Waals surface area contributed by atoms with E-state index in [9.17, 15) is 8.94 Å². The van der Waals surface area contributed by atoms with Crippen LogP contribution in [0.4, 0.5) is 4.39 Å². The Balaban J connectivity index is 2.08. The largest absolute Gasteiger partial charge is 0.598 e.